The number of hydrogen-bond donors (Lipinski definition) is 0. The molecule has 0 aromatic carbocycles. The molecular weight excluding hydrogens is 181 g/mol. The van der Waals surface area contributed by atoms with Crippen LogP contribution in [-0.2, 0) is 19.5 Å². The molecule has 0 amide bonds. The first-order valence-corrected chi connectivity index (χ1v) is 2.29. The fourth-order valence-corrected chi connectivity index (χ4v) is 0. The van der Waals surface area contributed by atoms with Gasteiger partial charge in [-0.15, -0.1) is 0 Å². The van der Waals surface area contributed by atoms with Gasteiger partial charge < -0.3 is 0 Å². The van der Waals surface area contributed by atoms with E-state index < -0.39 is 0 Å². The van der Waals surface area contributed by atoms with Crippen molar-refractivity contribution in [1.82, 2.24) is 0 Å². The Morgan fingerprint density at radius 1 is 1.40 bits per heavy atom. The summed E-state index contributed by atoms with van der Waals surface area (Å²) in [5.41, 5.74) is 0. The average molecular weight is 188 g/mol. The summed E-state index contributed by atoms with van der Waals surface area (Å²) in [6.07, 6.45) is 0. The normalized spacial score (nSPS) is 7.20. The second kappa shape index (κ2) is 5.10. The topological polar surface area (TPSA) is 0 Å². The first-order valence-electron chi connectivity index (χ1n) is 1.37. The molecule has 0 aliphatic heterocycles. The van der Waals surface area contributed by atoms with Gasteiger partial charge in [-0.2, -0.15) is 0 Å². The molecule has 0 aliphatic rings. The van der Waals surface area contributed by atoms with E-state index in [1.165, 1.54) is 0 Å². The van der Waals surface area contributed by atoms with Gasteiger partial charge in [0.25, 0.3) is 0 Å². The van der Waals surface area contributed by atoms with E-state index in [1.54, 1.807) is 0 Å². The quantitative estimate of drug-likeness (QED) is 0.402. The molecule has 0 unspecified atom stereocenters. The predicted octanol–water partition coefficient (Wildman–Crippen LogP) is 1.79. The molecule has 2 heteroatoms. The van der Waals surface area contributed by atoms with Crippen molar-refractivity contribution in [2.75, 3.05) is 0 Å². The van der Waals surface area contributed by atoms with Crippen LogP contribution in [0.4, 0.5) is 0 Å². The van der Waals surface area contributed by atoms with Gasteiger partial charge in [0.1, 0.15) is 0 Å². The van der Waals surface area contributed by atoms with Crippen LogP contribution in [-0.4, -0.2) is 4.83 Å². The number of halogens is 1. The van der Waals surface area contributed by atoms with E-state index in [4.69, 9.17) is 0 Å². The molecule has 0 saturated heterocycles. The zero-order chi connectivity index (χ0) is 3.58. The average Bonchev–Trinajstić information content (AvgIpc) is 0.811. The van der Waals surface area contributed by atoms with Crippen molar-refractivity contribution in [3.63, 3.8) is 0 Å². The van der Waals surface area contributed by atoms with Crippen LogP contribution in [0.25, 0.3) is 0 Å². The van der Waals surface area contributed by atoms with Gasteiger partial charge in [0, 0.05) is 24.3 Å². The summed E-state index contributed by atoms with van der Waals surface area (Å²) in [4.78, 5) is 0.646. The second-order valence-electron chi connectivity index (χ2n) is 1.01. The molecule has 0 bridgehead atoms. The Balaban J connectivity index is 0. The molecule has 5 heavy (non-hydrogen) atoms. The number of alkyl halides is 1. The zero-order valence-electron chi connectivity index (χ0n) is 3.66. The van der Waals surface area contributed by atoms with Gasteiger partial charge in [0.15, 0.2) is 0 Å². The van der Waals surface area contributed by atoms with Crippen LogP contribution in [0.1, 0.15) is 13.8 Å². The third-order valence-electron chi connectivity index (χ3n) is 0. The Morgan fingerprint density at radius 3 is 1.40 bits per heavy atom. The Labute approximate surface area is 54.2 Å². The van der Waals surface area contributed by atoms with Crippen LogP contribution in [0.15, 0.2) is 0 Å². The molecule has 0 nitrogen and oxygen atoms in total. The smallest absolute Gasteiger partial charge is 0.00888 e. The Kier molecular flexibility index (Phi) is 9.64. The van der Waals surface area contributed by atoms with Crippen LogP contribution in [0, 0.1) is 0 Å². The van der Waals surface area contributed by atoms with Gasteiger partial charge in [-0.05, 0) is 0 Å². The second-order valence-corrected chi connectivity index (χ2v) is 2.85. The Morgan fingerprint density at radius 2 is 1.40 bits per heavy atom. The van der Waals surface area contributed by atoms with Crippen LogP contribution >= 0.6 is 15.9 Å². The fraction of sp³-hybridized carbons (Fsp3) is 1.00. The van der Waals surface area contributed by atoms with Gasteiger partial charge in [-0.1, -0.05) is 29.8 Å². The molecule has 0 aliphatic carbocycles. The summed E-state index contributed by atoms with van der Waals surface area (Å²) >= 11 is 3.27. The summed E-state index contributed by atoms with van der Waals surface area (Å²) in [6, 6.07) is 0. The van der Waals surface area contributed by atoms with Crippen molar-refractivity contribution in [2.24, 2.45) is 0 Å². The Bertz CT molecular complexity index is 11.6. The maximum Gasteiger partial charge on any atom is 0.00888 e. The van der Waals surface area contributed by atoms with Gasteiger partial charge in [-0.3, -0.25) is 0 Å². The van der Waals surface area contributed by atoms with Crippen molar-refractivity contribution >= 4 is 15.9 Å². The molecule has 0 N–H and O–H groups in total. The molecule has 0 radical (unpaired) electrons. The summed E-state index contributed by atoms with van der Waals surface area (Å²) in [6.45, 7) is 4.17. The van der Waals surface area contributed by atoms with E-state index >= 15 is 0 Å². The van der Waals surface area contributed by atoms with Crippen LogP contribution in [0.3, 0.4) is 0 Å². The SMILES string of the molecule is CC(C)Br.[Zn]. The first-order chi connectivity index (χ1) is 1.73. The summed E-state index contributed by atoms with van der Waals surface area (Å²) in [5, 5.41) is 0. The van der Waals surface area contributed by atoms with Gasteiger partial charge in [0.2, 0.25) is 0 Å². The van der Waals surface area contributed by atoms with Crippen molar-refractivity contribution in [1.29, 1.82) is 0 Å². The molecule has 0 fully saturated rings. The standard InChI is InChI=1S/C3H7Br.Zn/c1-3(2)4;/h3H,1-2H3;. The van der Waals surface area contributed by atoms with Gasteiger partial charge in [0.05, 0.1) is 0 Å². The first kappa shape index (κ1) is 9.44. The monoisotopic (exact) mass is 186 g/mol. The summed E-state index contributed by atoms with van der Waals surface area (Å²) in [7, 11) is 0. The summed E-state index contributed by atoms with van der Waals surface area (Å²) < 4.78 is 0. The molecule has 28 valence electrons. The largest absolute Gasteiger partial charge is 0.0897 e. The third-order valence-corrected chi connectivity index (χ3v) is 0. The summed E-state index contributed by atoms with van der Waals surface area (Å²) in [5.74, 6) is 0. The van der Waals surface area contributed by atoms with E-state index in [0.29, 0.717) is 4.83 Å². The number of rotatable bonds is 0. The van der Waals surface area contributed by atoms with Crippen LogP contribution in [0.2, 0.25) is 0 Å². The van der Waals surface area contributed by atoms with Crippen molar-refractivity contribution in [3.05, 3.63) is 0 Å². The maximum absolute atomic E-state index is 3.27. The van der Waals surface area contributed by atoms with Crippen molar-refractivity contribution in [3.8, 4) is 0 Å². The minimum atomic E-state index is 0. The van der Waals surface area contributed by atoms with Crippen LogP contribution in [0.5, 0.6) is 0 Å². The van der Waals surface area contributed by atoms with E-state index in [2.05, 4.69) is 29.8 Å². The zero-order valence-corrected chi connectivity index (χ0v) is 8.22. The van der Waals surface area contributed by atoms with E-state index in [-0.39, 0.29) is 19.5 Å². The minimum absolute atomic E-state index is 0. The van der Waals surface area contributed by atoms with Crippen LogP contribution < -0.4 is 0 Å². The molecule has 0 aromatic rings. The molecular formula is C3H7BrZn. The van der Waals surface area contributed by atoms with Crippen molar-refractivity contribution in [2.45, 2.75) is 18.7 Å². The molecule has 0 heterocycles. The van der Waals surface area contributed by atoms with Gasteiger partial charge >= 0.3 is 0 Å². The van der Waals surface area contributed by atoms with Gasteiger partial charge in [-0.25, -0.2) is 0 Å². The molecule has 0 rings (SSSR count). The van der Waals surface area contributed by atoms with E-state index in [1.807, 2.05) is 0 Å². The third kappa shape index (κ3) is 40.4. The number of hydrogen-bond acceptors (Lipinski definition) is 0. The molecule has 0 aromatic heterocycles. The predicted molar refractivity (Wildman–Crippen MR) is 24.1 cm³/mol. The molecule has 0 atom stereocenters. The van der Waals surface area contributed by atoms with E-state index in [9.17, 15) is 0 Å². The minimum Gasteiger partial charge on any atom is -0.0897 e. The van der Waals surface area contributed by atoms with Crippen molar-refractivity contribution < 1.29 is 19.5 Å². The fourth-order valence-electron chi connectivity index (χ4n) is 0. The maximum atomic E-state index is 3.27. The molecule has 0 saturated carbocycles. The Hall–Kier alpha value is 1.10. The van der Waals surface area contributed by atoms with E-state index in [0.717, 1.165) is 0 Å². The molecule has 0 spiro atoms.